The molecule has 1 fully saturated rings. The van der Waals surface area contributed by atoms with Crippen molar-refractivity contribution in [3.05, 3.63) is 34.1 Å². The van der Waals surface area contributed by atoms with Gasteiger partial charge in [-0.1, -0.05) is 0 Å². The van der Waals surface area contributed by atoms with Crippen molar-refractivity contribution >= 4 is 22.2 Å². The lowest BCUT2D eigenvalue weighted by atomic mass is 10.1. The lowest BCUT2D eigenvalue weighted by Gasteiger charge is -2.23. The molecule has 1 heterocycles. The van der Waals surface area contributed by atoms with E-state index in [1.54, 1.807) is 0 Å². The third kappa shape index (κ3) is 3.04. The molecule has 18 heavy (non-hydrogen) atoms. The van der Waals surface area contributed by atoms with Crippen LogP contribution in [0.5, 0.6) is 0 Å². The van der Waals surface area contributed by atoms with Gasteiger partial charge in [-0.15, -0.1) is 0 Å². The van der Waals surface area contributed by atoms with Crippen molar-refractivity contribution in [1.82, 2.24) is 0 Å². The summed E-state index contributed by atoms with van der Waals surface area (Å²) in [5.41, 5.74) is 0.00100. The van der Waals surface area contributed by atoms with E-state index in [4.69, 9.17) is 0 Å². The van der Waals surface area contributed by atoms with Crippen LogP contribution >= 0.6 is 0 Å². The molecule has 0 spiro atoms. The first-order valence-corrected chi connectivity index (χ1v) is 7.10. The van der Waals surface area contributed by atoms with Crippen LogP contribution in [0.4, 0.5) is 15.8 Å². The molecular formula is C11H13FN2O3S. The number of anilines is 1. The van der Waals surface area contributed by atoms with Gasteiger partial charge < -0.3 is 5.32 Å². The van der Waals surface area contributed by atoms with Gasteiger partial charge in [-0.3, -0.25) is 14.3 Å². The first-order valence-electron chi connectivity index (χ1n) is 5.61. The van der Waals surface area contributed by atoms with E-state index in [1.807, 2.05) is 0 Å². The summed E-state index contributed by atoms with van der Waals surface area (Å²) in [5.74, 6) is 0.449. The fourth-order valence-electron chi connectivity index (χ4n) is 1.92. The Kier molecular flexibility index (Phi) is 3.90. The number of hydrogen-bond acceptors (Lipinski definition) is 4. The van der Waals surface area contributed by atoms with Crippen LogP contribution in [0.1, 0.15) is 12.8 Å². The molecule has 0 bridgehead atoms. The van der Waals surface area contributed by atoms with Crippen LogP contribution in [-0.2, 0) is 10.8 Å². The Bertz CT molecular complexity index is 485. The number of nitro benzene ring substituents is 1. The Labute approximate surface area is 106 Å². The summed E-state index contributed by atoms with van der Waals surface area (Å²) in [7, 11) is -0.737. The van der Waals surface area contributed by atoms with Gasteiger partial charge in [-0.25, -0.2) is 0 Å². The maximum atomic E-state index is 13.4. The van der Waals surface area contributed by atoms with Crippen LogP contribution < -0.4 is 5.32 Å². The second-order valence-corrected chi connectivity index (χ2v) is 5.89. The predicted molar refractivity (Wildman–Crippen MR) is 67.6 cm³/mol. The zero-order valence-electron chi connectivity index (χ0n) is 9.60. The van der Waals surface area contributed by atoms with Crippen molar-refractivity contribution in [2.45, 2.75) is 18.9 Å². The molecule has 7 heteroatoms. The van der Waals surface area contributed by atoms with E-state index in [9.17, 15) is 18.7 Å². The minimum Gasteiger partial charge on any atom is -0.382 e. The lowest BCUT2D eigenvalue weighted by Crippen LogP contribution is -2.29. The summed E-state index contributed by atoms with van der Waals surface area (Å²) in [6.07, 6.45) is 1.54. The molecule has 0 aliphatic carbocycles. The van der Waals surface area contributed by atoms with Crippen molar-refractivity contribution in [2.24, 2.45) is 0 Å². The van der Waals surface area contributed by atoms with Crippen molar-refractivity contribution in [3.8, 4) is 0 Å². The minimum atomic E-state index is -0.843. The molecule has 98 valence electrons. The molecule has 1 aromatic rings. The number of hydrogen-bond donors (Lipinski definition) is 1. The van der Waals surface area contributed by atoms with E-state index in [2.05, 4.69) is 5.32 Å². The van der Waals surface area contributed by atoms with Gasteiger partial charge in [0.1, 0.15) is 0 Å². The lowest BCUT2D eigenvalue weighted by molar-refractivity contribution is -0.387. The molecule has 2 rings (SSSR count). The van der Waals surface area contributed by atoms with E-state index in [0.29, 0.717) is 17.2 Å². The summed E-state index contributed by atoms with van der Waals surface area (Å²) in [6.45, 7) is 0. The molecular weight excluding hydrogens is 259 g/mol. The highest BCUT2D eigenvalue weighted by Crippen LogP contribution is 2.23. The van der Waals surface area contributed by atoms with Gasteiger partial charge >= 0.3 is 5.69 Å². The number of nitro groups is 1. The van der Waals surface area contributed by atoms with Crippen LogP contribution in [0, 0.1) is 15.9 Å². The standard InChI is InChI=1S/C11H13FN2O3S/c12-10-7-9(1-2-11(10)14(15)16)13-8-3-5-18(17)6-4-8/h1-2,7-8,13H,3-6H2. The first kappa shape index (κ1) is 12.9. The molecule has 1 saturated heterocycles. The van der Waals surface area contributed by atoms with E-state index in [0.717, 1.165) is 25.0 Å². The fourth-order valence-corrected chi connectivity index (χ4v) is 3.22. The van der Waals surface area contributed by atoms with Crippen molar-refractivity contribution in [3.63, 3.8) is 0 Å². The Morgan fingerprint density at radius 1 is 1.39 bits per heavy atom. The van der Waals surface area contributed by atoms with E-state index < -0.39 is 27.2 Å². The third-order valence-electron chi connectivity index (χ3n) is 2.90. The first-order chi connectivity index (χ1) is 8.56. The van der Waals surface area contributed by atoms with Crippen LogP contribution in [0.25, 0.3) is 0 Å². The maximum Gasteiger partial charge on any atom is 0.304 e. The number of nitrogens with zero attached hydrogens (tertiary/aromatic N) is 1. The zero-order valence-corrected chi connectivity index (χ0v) is 10.4. The van der Waals surface area contributed by atoms with Crippen molar-refractivity contribution in [2.75, 3.05) is 16.8 Å². The molecule has 0 saturated carbocycles. The molecule has 0 atom stereocenters. The molecule has 0 amide bonds. The van der Waals surface area contributed by atoms with E-state index >= 15 is 0 Å². The monoisotopic (exact) mass is 272 g/mol. The number of halogens is 1. The van der Waals surface area contributed by atoms with Crippen LogP contribution in [0.3, 0.4) is 0 Å². The zero-order chi connectivity index (χ0) is 13.1. The van der Waals surface area contributed by atoms with Gasteiger partial charge in [-0.05, 0) is 18.9 Å². The summed E-state index contributed by atoms with van der Waals surface area (Å²) in [4.78, 5) is 9.72. The Hall–Kier alpha value is -1.50. The summed E-state index contributed by atoms with van der Waals surface area (Å²) in [5, 5.41) is 13.6. The largest absolute Gasteiger partial charge is 0.382 e. The molecule has 0 radical (unpaired) electrons. The van der Waals surface area contributed by atoms with Crippen LogP contribution in [-0.4, -0.2) is 26.7 Å². The number of benzene rings is 1. The van der Waals surface area contributed by atoms with Gasteiger partial charge in [0.2, 0.25) is 5.82 Å². The highest BCUT2D eigenvalue weighted by molar-refractivity contribution is 7.85. The van der Waals surface area contributed by atoms with Gasteiger partial charge in [-0.2, -0.15) is 4.39 Å². The normalized spacial score (nSPS) is 23.6. The Morgan fingerprint density at radius 2 is 2.06 bits per heavy atom. The second-order valence-electron chi connectivity index (χ2n) is 4.19. The minimum absolute atomic E-state index is 0.156. The third-order valence-corrected chi connectivity index (χ3v) is 4.29. The predicted octanol–water partition coefficient (Wildman–Crippen LogP) is 2.06. The quantitative estimate of drug-likeness (QED) is 0.675. The smallest absolute Gasteiger partial charge is 0.304 e. The van der Waals surface area contributed by atoms with Gasteiger partial charge in [0.05, 0.1) is 4.92 Å². The molecule has 0 aromatic heterocycles. The molecule has 5 nitrogen and oxygen atoms in total. The average molecular weight is 272 g/mol. The van der Waals surface area contributed by atoms with Crippen molar-refractivity contribution < 1.29 is 13.5 Å². The molecule has 1 aromatic carbocycles. The van der Waals surface area contributed by atoms with Gasteiger partial charge in [0, 0.05) is 46.2 Å². The Morgan fingerprint density at radius 3 is 2.61 bits per heavy atom. The molecule has 0 unspecified atom stereocenters. The highest BCUT2D eigenvalue weighted by Gasteiger charge is 2.19. The van der Waals surface area contributed by atoms with Crippen LogP contribution in [0.2, 0.25) is 0 Å². The topological polar surface area (TPSA) is 72.2 Å². The van der Waals surface area contributed by atoms with E-state index in [-0.39, 0.29) is 6.04 Å². The van der Waals surface area contributed by atoms with Crippen molar-refractivity contribution in [1.29, 1.82) is 0 Å². The highest BCUT2D eigenvalue weighted by atomic mass is 32.2. The summed E-state index contributed by atoms with van der Waals surface area (Å²) >= 11 is 0. The molecule has 1 aliphatic heterocycles. The Balaban J connectivity index is 2.04. The fraction of sp³-hybridized carbons (Fsp3) is 0.455. The molecule has 1 aliphatic rings. The number of rotatable bonds is 3. The maximum absolute atomic E-state index is 13.4. The summed E-state index contributed by atoms with van der Waals surface area (Å²) in [6, 6.07) is 3.93. The molecule has 1 N–H and O–H groups in total. The van der Waals surface area contributed by atoms with Gasteiger partial charge in [0.15, 0.2) is 0 Å². The van der Waals surface area contributed by atoms with E-state index in [1.165, 1.54) is 6.07 Å². The average Bonchev–Trinajstić information content (AvgIpc) is 2.32. The van der Waals surface area contributed by atoms with Gasteiger partial charge in [0.25, 0.3) is 0 Å². The van der Waals surface area contributed by atoms with Crippen LogP contribution in [0.15, 0.2) is 18.2 Å². The SMILES string of the molecule is O=[N+]([O-])c1ccc(NC2CCS(=O)CC2)cc1F. The summed E-state index contributed by atoms with van der Waals surface area (Å²) < 4.78 is 24.6. The second kappa shape index (κ2) is 5.43. The number of nitrogens with one attached hydrogen (secondary N) is 1.